The molecule has 0 radical (unpaired) electrons. The van der Waals surface area contributed by atoms with Gasteiger partial charge in [0.1, 0.15) is 6.10 Å². The van der Waals surface area contributed by atoms with Gasteiger partial charge in [-0.15, -0.1) is 0 Å². The number of rotatable bonds is 17. The van der Waals surface area contributed by atoms with Crippen LogP contribution in [-0.2, 0) is 9.53 Å². The second-order valence-electron chi connectivity index (χ2n) is 8.61. The van der Waals surface area contributed by atoms with Crippen LogP contribution < -0.4 is 0 Å². The molecule has 1 saturated carbocycles. The molecule has 158 valence electrons. The molecule has 0 aromatic rings. The first-order valence-electron chi connectivity index (χ1n) is 12.1. The van der Waals surface area contributed by atoms with Crippen LogP contribution in [0.25, 0.3) is 0 Å². The van der Waals surface area contributed by atoms with Crippen molar-refractivity contribution in [1.82, 2.24) is 0 Å². The van der Waals surface area contributed by atoms with E-state index < -0.39 is 0 Å². The van der Waals surface area contributed by atoms with Crippen LogP contribution in [0.3, 0.4) is 0 Å². The molecule has 0 bridgehead atoms. The predicted octanol–water partition coefficient (Wildman–Crippen LogP) is 8.15. The number of carbonyl (C=O) groups excluding carboxylic acids is 1. The molecule has 0 spiro atoms. The van der Waals surface area contributed by atoms with Crippen molar-refractivity contribution < 1.29 is 9.53 Å². The summed E-state index contributed by atoms with van der Waals surface area (Å²) in [6.07, 6.45) is 27.1. The molecule has 27 heavy (non-hydrogen) atoms. The molecule has 0 heterocycles. The van der Waals surface area contributed by atoms with Crippen molar-refractivity contribution in [2.45, 2.75) is 135 Å². The van der Waals surface area contributed by atoms with Crippen LogP contribution in [0, 0.1) is 5.92 Å². The minimum Gasteiger partial charge on any atom is -0.459 e. The molecule has 1 aliphatic carbocycles. The zero-order chi connectivity index (χ0) is 19.6. The molecule has 1 fully saturated rings. The zero-order valence-electron chi connectivity index (χ0n) is 18.2. The minimum absolute atomic E-state index is 0.145. The molecule has 0 aliphatic heterocycles. The molecule has 2 unspecified atom stereocenters. The highest BCUT2D eigenvalue weighted by Crippen LogP contribution is 2.31. The van der Waals surface area contributed by atoms with Crippen LogP contribution in [-0.4, -0.2) is 12.1 Å². The van der Waals surface area contributed by atoms with Gasteiger partial charge in [-0.05, 0) is 31.6 Å². The number of ether oxygens (including phenoxy) is 1. The molecule has 0 N–H and O–H groups in total. The molecule has 2 nitrogen and oxygen atoms in total. The van der Waals surface area contributed by atoms with E-state index in [0.717, 1.165) is 6.42 Å². The molecular formula is C25H46O2. The zero-order valence-corrected chi connectivity index (χ0v) is 18.2. The molecule has 2 atom stereocenters. The summed E-state index contributed by atoms with van der Waals surface area (Å²) in [6, 6.07) is 0. The van der Waals surface area contributed by atoms with Crippen molar-refractivity contribution in [2.75, 3.05) is 0 Å². The lowest BCUT2D eigenvalue weighted by Crippen LogP contribution is -2.29. The molecule has 1 aliphatic rings. The van der Waals surface area contributed by atoms with E-state index in [1.54, 1.807) is 0 Å². The summed E-state index contributed by atoms with van der Waals surface area (Å²) in [6.45, 7) is 5.80. The summed E-state index contributed by atoms with van der Waals surface area (Å²) in [4.78, 5) is 11.5. The summed E-state index contributed by atoms with van der Waals surface area (Å²) in [5.74, 6) is 0.341. The van der Waals surface area contributed by atoms with Crippen LogP contribution in [0.2, 0.25) is 0 Å². The number of hydrogen-bond donors (Lipinski definition) is 0. The van der Waals surface area contributed by atoms with Gasteiger partial charge in [0.05, 0.1) is 0 Å². The van der Waals surface area contributed by atoms with Crippen LogP contribution in [0.1, 0.15) is 129 Å². The second kappa shape index (κ2) is 17.3. The Balaban J connectivity index is 1.90. The van der Waals surface area contributed by atoms with Gasteiger partial charge in [0.15, 0.2) is 0 Å². The maximum atomic E-state index is 11.5. The van der Waals surface area contributed by atoms with E-state index >= 15 is 0 Å². The Morgan fingerprint density at radius 2 is 1.30 bits per heavy atom. The Kier molecular flexibility index (Phi) is 15.6. The average Bonchev–Trinajstić information content (AvgIpc) is 2.69. The lowest BCUT2D eigenvalue weighted by Gasteiger charge is -2.30. The number of esters is 1. The smallest absolute Gasteiger partial charge is 0.330 e. The van der Waals surface area contributed by atoms with Crippen molar-refractivity contribution in [3.63, 3.8) is 0 Å². The van der Waals surface area contributed by atoms with Crippen molar-refractivity contribution in [3.8, 4) is 0 Å². The Labute approximate surface area is 169 Å². The molecule has 0 amide bonds. The number of unbranched alkanes of at least 4 members (excludes halogenated alkanes) is 13. The van der Waals surface area contributed by atoms with Crippen LogP contribution in [0.5, 0.6) is 0 Å². The maximum Gasteiger partial charge on any atom is 0.330 e. The highest BCUT2D eigenvalue weighted by atomic mass is 16.5. The monoisotopic (exact) mass is 378 g/mol. The lowest BCUT2D eigenvalue weighted by atomic mass is 9.83. The first-order chi connectivity index (χ1) is 13.3. The summed E-state index contributed by atoms with van der Waals surface area (Å²) in [5, 5.41) is 0. The van der Waals surface area contributed by atoms with Crippen LogP contribution >= 0.6 is 0 Å². The second-order valence-corrected chi connectivity index (χ2v) is 8.61. The van der Waals surface area contributed by atoms with E-state index in [9.17, 15) is 4.79 Å². The SMILES string of the molecule is C=CC(=O)OC1CCCCC1CCCCCCCCCCCCCCCC. The number of carbonyl (C=O) groups is 1. The van der Waals surface area contributed by atoms with Crippen LogP contribution in [0.4, 0.5) is 0 Å². The van der Waals surface area contributed by atoms with Crippen molar-refractivity contribution in [1.29, 1.82) is 0 Å². The van der Waals surface area contributed by atoms with Gasteiger partial charge in [0, 0.05) is 6.08 Å². The van der Waals surface area contributed by atoms with Crippen molar-refractivity contribution in [3.05, 3.63) is 12.7 Å². The lowest BCUT2D eigenvalue weighted by molar-refractivity contribution is -0.147. The van der Waals surface area contributed by atoms with E-state index in [2.05, 4.69) is 13.5 Å². The van der Waals surface area contributed by atoms with Gasteiger partial charge in [-0.2, -0.15) is 0 Å². The molecule has 0 aromatic heterocycles. The third-order valence-corrected chi connectivity index (χ3v) is 6.20. The molecule has 1 rings (SSSR count). The van der Waals surface area contributed by atoms with Gasteiger partial charge in [-0.25, -0.2) is 4.79 Å². The van der Waals surface area contributed by atoms with Gasteiger partial charge in [0.2, 0.25) is 0 Å². The Bertz CT molecular complexity index is 363. The highest BCUT2D eigenvalue weighted by molar-refractivity contribution is 5.81. The third kappa shape index (κ3) is 13.1. The number of hydrogen-bond acceptors (Lipinski definition) is 2. The normalized spacial score (nSPS) is 19.7. The van der Waals surface area contributed by atoms with E-state index in [0.29, 0.717) is 5.92 Å². The molecular weight excluding hydrogens is 332 g/mol. The average molecular weight is 379 g/mol. The largest absolute Gasteiger partial charge is 0.459 e. The van der Waals surface area contributed by atoms with Crippen molar-refractivity contribution >= 4 is 5.97 Å². The fourth-order valence-corrected chi connectivity index (χ4v) is 4.46. The Morgan fingerprint density at radius 1 is 0.815 bits per heavy atom. The van der Waals surface area contributed by atoms with Crippen LogP contribution in [0.15, 0.2) is 12.7 Å². The standard InChI is InChI=1S/C25H46O2/c1-3-5-6-7-8-9-10-11-12-13-14-15-16-17-20-23-21-18-19-22-24(23)27-25(26)4-2/h4,23-24H,2-3,5-22H2,1H3. The van der Waals surface area contributed by atoms with E-state index in [1.807, 2.05) is 0 Å². The van der Waals surface area contributed by atoms with E-state index in [1.165, 1.54) is 122 Å². The van der Waals surface area contributed by atoms with E-state index in [4.69, 9.17) is 4.74 Å². The fourth-order valence-electron chi connectivity index (χ4n) is 4.46. The fraction of sp³-hybridized carbons (Fsp3) is 0.880. The first kappa shape index (κ1) is 24.2. The summed E-state index contributed by atoms with van der Waals surface area (Å²) in [5.41, 5.74) is 0. The first-order valence-corrected chi connectivity index (χ1v) is 12.1. The maximum absolute atomic E-state index is 11.5. The summed E-state index contributed by atoms with van der Waals surface area (Å²) < 4.78 is 5.57. The van der Waals surface area contributed by atoms with Gasteiger partial charge in [-0.1, -0.05) is 110 Å². The highest BCUT2D eigenvalue weighted by Gasteiger charge is 2.27. The summed E-state index contributed by atoms with van der Waals surface area (Å²) in [7, 11) is 0. The van der Waals surface area contributed by atoms with Gasteiger partial charge in [-0.3, -0.25) is 0 Å². The Morgan fingerprint density at radius 3 is 1.81 bits per heavy atom. The summed E-state index contributed by atoms with van der Waals surface area (Å²) >= 11 is 0. The predicted molar refractivity (Wildman–Crippen MR) is 117 cm³/mol. The van der Waals surface area contributed by atoms with Gasteiger partial charge >= 0.3 is 5.97 Å². The Hall–Kier alpha value is -0.790. The molecule has 0 saturated heterocycles. The van der Waals surface area contributed by atoms with Crippen molar-refractivity contribution in [2.24, 2.45) is 5.92 Å². The molecule has 0 aromatic carbocycles. The quantitative estimate of drug-likeness (QED) is 0.145. The third-order valence-electron chi connectivity index (χ3n) is 6.20. The van der Waals surface area contributed by atoms with E-state index in [-0.39, 0.29) is 12.1 Å². The van der Waals surface area contributed by atoms with Gasteiger partial charge in [0.25, 0.3) is 0 Å². The minimum atomic E-state index is -0.243. The molecule has 2 heteroatoms. The topological polar surface area (TPSA) is 26.3 Å². The van der Waals surface area contributed by atoms with Gasteiger partial charge < -0.3 is 4.74 Å².